The first kappa shape index (κ1) is 19.7. The highest BCUT2D eigenvalue weighted by Crippen LogP contribution is 2.32. The van der Waals surface area contributed by atoms with E-state index in [2.05, 4.69) is 21.4 Å². The molecule has 4 aromatic rings. The van der Waals surface area contributed by atoms with Crippen molar-refractivity contribution in [3.63, 3.8) is 0 Å². The number of carbonyl (C=O) groups is 1. The van der Waals surface area contributed by atoms with Gasteiger partial charge in [-0.25, -0.2) is 9.97 Å². The smallest absolute Gasteiger partial charge is 0.257 e. The first-order valence-corrected chi connectivity index (χ1v) is 11.6. The third kappa shape index (κ3) is 4.45. The summed E-state index contributed by atoms with van der Waals surface area (Å²) in [6.07, 6.45) is 0.914. The van der Waals surface area contributed by atoms with Crippen molar-refractivity contribution < 1.29 is 14.3 Å². The van der Waals surface area contributed by atoms with Crippen molar-refractivity contribution in [2.24, 2.45) is 0 Å². The van der Waals surface area contributed by atoms with E-state index in [1.807, 2.05) is 35.9 Å². The number of aromatic nitrogens is 2. The molecule has 1 N–H and O–H groups in total. The second kappa shape index (κ2) is 8.49. The van der Waals surface area contributed by atoms with E-state index in [9.17, 15) is 4.79 Å². The molecule has 3 heterocycles. The number of ether oxygens (including phenoxy) is 2. The van der Waals surface area contributed by atoms with E-state index in [4.69, 9.17) is 9.47 Å². The van der Waals surface area contributed by atoms with Gasteiger partial charge in [-0.15, -0.1) is 22.7 Å². The van der Waals surface area contributed by atoms with Crippen LogP contribution in [0.5, 0.6) is 11.5 Å². The number of rotatable bonds is 6. The summed E-state index contributed by atoms with van der Waals surface area (Å²) in [5, 5.41) is 8.36. The predicted molar refractivity (Wildman–Crippen MR) is 122 cm³/mol. The standard InChI is InChI=1S/C23H19N3O3S2/c1-14-24-18(12-30-14)11-29-19-4-2-3-17(10-19)22(27)26-23-25-20(13-31-23)15-5-6-21-16(9-15)7-8-28-21/h2-6,9-10,12-13H,7-8,11H2,1H3,(H,25,26,27). The van der Waals surface area contributed by atoms with Crippen molar-refractivity contribution in [2.75, 3.05) is 11.9 Å². The molecule has 6 nitrogen and oxygen atoms in total. The zero-order chi connectivity index (χ0) is 21.2. The van der Waals surface area contributed by atoms with Crippen molar-refractivity contribution in [3.05, 3.63) is 75.1 Å². The van der Waals surface area contributed by atoms with Crippen molar-refractivity contribution in [3.8, 4) is 22.8 Å². The van der Waals surface area contributed by atoms with Crippen molar-refractivity contribution in [1.29, 1.82) is 0 Å². The normalized spacial score (nSPS) is 12.3. The van der Waals surface area contributed by atoms with Crippen LogP contribution in [0.4, 0.5) is 5.13 Å². The Labute approximate surface area is 187 Å². The minimum absolute atomic E-state index is 0.224. The maximum absolute atomic E-state index is 12.7. The number of anilines is 1. The highest BCUT2D eigenvalue weighted by atomic mass is 32.1. The first-order valence-electron chi connectivity index (χ1n) is 9.81. The largest absolute Gasteiger partial charge is 0.493 e. The van der Waals surface area contributed by atoms with Crippen LogP contribution < -0.4 is 14.8 Å². The topological polar surface area (TPSA) is 73.3 Å². The average Bonchev–Trinajstić information content (AvgIpc) is 3.53. The number of fused-ring (bicyclic) bond motifs is 1. The van der Waals surface area contributed by atoms with E-state index in [0.717, 1.165) is 40.7 Å². The van der Waals surface area contributed by atoms with Crippen LogP contribution in [0.1, 0.15) is 26.6 Å². The lowest BCUT2D eigenvalue weighted by atomic mass is 10.1. The fourth-order valence-corrected chi connectivity index (χ4v) is 4.65. The van der Waals surface area contributed by atoms with E-state index in [0.29, 0.717) is 23.1 Å². The van der Waals surface area contributed by atoms with Gasteiger partial charge in [-0.3, -0.25) is 10.1 Å². The molecule has 2 aromatic heterocycles. The van der Waals surface area contributed by atoms with E-state index in [1.165, 1.54) is 16.9 Å². The van der Waals surface area contributed by atoms with Gasteiger partial charge in [-0.2, -0.15) is 0 Å². The highest BCUT2D eigenvalue weighted by Gasteiger charge is 2.15. The van der Waals surface area contributed by atoms with Crippen LogP contribution in [0.3, 0.4) is 0 Å². The monoisotopic (exact) mass is 449 g/mol. The number of nitrogens with one attached hydrogen (secondary N) is 1. The molecule has 0 unspecified atom stereocenters. The summed E-state index contributed by atoms with van der Waals surface area (Å²) in [6, 6.07) is 13.2. The Balaban J connectivity index is 1.25. The lowest BCUT2D eigenvalue weighted by molar-refractivity contribution is 0.102. The molecule has 5 rings (SSSR count). The van der Waals surface area contributed by atoms with Gasteiger partial charge in [0.15, 0.2) is 5.13 Å². The lowest BCUT2D eigenvalue weighted by Gasteiger charge is -2.07. The summed E-state index contributed by atoms with van der Waals surface area (Å²) in [5.41, 5.74) is 4.45. The van der Waals surface area contributed by atoms with Gasteiger partial charge >= 0.3 is 0 Å². The Morgan fingerprint density at radius 3 is 2.97 bits per heavy atom. The molecular weight excluding hydrogens is 430 g/mol. The average molecular weight is 450 g/mol. The summed E-state index contributed by atoms with van der Waals surface area (Å²) >= 11 is 2.99. The van der Waals surface area contributed by atoms with Crippen molar-refractivity contribution in [2.45, 2.75) is 20.0 Å². The van der Waals surface area contributed by atoms with Crippen LogP contribution in [0.25, 0.3) is 11.3 Å². The van der Waals surface area contributed by atoms with Gasteiger partial charge in [-0.05, 0) is 48.9 Å². The second-order valence-electron chi connectivity index (χ2n) is 7.09. The van der Waals surface area contributed by atoms with E-state index in [1.54, 1.807) is 29.5 Å². The molecule has 8 heteroatoms. The molecular formula is C23H19N3O3S2. The molecule has 0 saturated heterocycles. The molecule has 156 valence electrons. The van der Waals surface area contributed by atoms with Crippen molar-refractivity contribution in [1.82, 2.24) is 9.97 Å². The molecule has 1 aliphatic rings. The maximum atomic E-state index is 12.7. The third-order valence-electron chi connectivity index (χ3n) is 4.86. The fourth-order valence-electron chi connectivity index (χ4n) is 3.34. The zero-order valence-electron chi connectivity index (χ0n) is 16.8. The molecule has 0 bridgehead atoms. The molecule has 0 saturated carbocycles. The predicted octanol–water partition coefficient (Wildman–Crippen LogP) is 5.34. The van der Waals surface area contributed by atoms with Crippen LogP contribution in [0.2, 0.25) is 0 Å². The van der Waals surface area contributed by atoms with Gasteiger partial charge in [-0.1, -0.05) is 6.07 Å². The molecule has 2 aromatic carbocycles. The van der Waals surface area contributed by atoms with Gasteiger partial charge in [0.05, 0.1) is 23.0 Å². The summed E-state index contributed by atoms with van der Waals surface area (Å²) in [5.74, 6) is 1.34. The molecule has 0 atom stereocenters. The maximum Gasteiger partial charge on any atom is 0.257 e. The third-order valence-corrected chi connectivity index (χ3v) is 6.44. The summed E-state index contributed by atoms with van der Waals surface area (Å²) in [7, 11) is 0. The minimum atomic E-state index is -0.224. The zero-order valence-corrected chi connectivity index (χ0v) is 18.4. The molecule has 1 aliphatic heterocycles. The number of aryl methyl sites for hydroxylation is 1. The first-order chi connectivity index (χ1) is 15.1. The molecule has 0 aliphatic carbocycles. The van der Waals surface area contributed by atoms with Gasteiger partial charge in [0.1, 0.15) is 18.1 Å². The fraction of sp³-hybridized carbons (Fsp3) is 0.174. The van der Waals surface area contributed by atoms with Crippen LogP contribution >= 0.6 is 22.7 Å². The minimum Gasteiger partial charge on any atom is -0.493 e. The summed E-state index contributed by atoms with van der Waals surface area (Å²) < 4.78 is 11.3. The Morgan fingerprint density at radius 2 is 2.10 bits per heavy atom. The SMILES string of the molecule is Cc1nc(COc2cccc(C(=O)Nc3nc(-c4ccc5c(c4)CCO5)cs3)c2)cs1. The number of thiazole rings is 2. The lowest BCUT2D eigenvalue weighted by Crippen LogP contribution is -2.11. The number of carbonyl (C=O) groups excluding carboxylic acids is 1. The molecule has 1 amide bonds. The molecule has 0 fully saturated rings. The quantitative estimate of drug-likeness (QED) is 0.430. The summed E-state index contributed by atoms with van der Waals surface area (Å²) in [6.45, 7) is 3.06. The van der Waals surface area contributed by atoms with Gasteiger partial charge < -0.3 is 9.47 Å². The molecule has 0 radical (unpaired) electrons. The van der Waals surface area contributed by atoms with Crippen LogP contribution in [-0.4, -0.2) is 22.5 Å². The number of hydrogen-bond acceptors (Lipinski definition) is 7. The number of nitrogens with zero attached hydrogens (tertiary/aromatic N) is 2. The number of hydrogen-bond donors (Lipinski definition) is 1. The number of benzene rings is 2. The number of amides is 1. The second-order valence-corrected chi connectivity index (χ2v) is 9.01. The highest BCUT2D eigenvalue weighted by molar-refractivity contribution is 7.14. The van der Waals surface area contributed by atoms with Crippen LogP contribution in [0, 0.1) is 6.92 Å². The van der Waals surface area contributed by atoms with E-state index in [-0.39, 0.29) is 5.91 Å². The van der Waals surface area contributed by atoms with E-state index >= 15 is 0 Å². The molecule has 31 heavy (non-hydrogen) atoms. The van der Waals surface area contributed by atoms with Gasteiger partial charge in [0, 0.05) is 28.3 Å². The van der Waals surface area contributed by atoms with E-state index < -0.39 is 0 Å². The Hall–Kier alpha value is -3.23. The Kier molecular flexibility index (Phi) is 5.40. The molecule has 0 spiro atoms. The summed E-state index contributed by atoms with van der Waals surface area (Å²) in [4.78, 5) is 21.7. The van der Waals surface area contributed by atoms with Crippen LogP contribution in [-0.2, 0) is 13.0 Å². The Bertz CT molecular complexity index is 1250. The van der Waals surface area contributed by atoms with Crippen LogP contribution in [0.15, 0.2) is 53.2 Å². The van der Waals surface area contributed by atoms with Crippen molar-refractivity contribution >= 4 is 33.7 Å². The van der Waals surface area contributed by atoms with Gasteiger partial charge in [0.25, 0.3) is 5.91 Å². The Morgan fingerprint density at radius 1 is 1.16 bits per heavy atom. The van der Waals surface area contributed by atoms with Gasteiger partial charge in [0.2, 0.25) is 0 Å².